The summed E-state index contributed by atoms with van der Waals surface area (Å²) in [6.07, 6.45) is 6.57. The monoisotopic (exact) mass is 449 g/mol. The van der Waals surface area contributed by atoms with Crippen molar-refractivity contribution in [2.75, 3.05) is 25.6 Å². The molecule has 0 unspecified atom stereocenters. The third-order valence-electron chi connectivity index (χ3n) is 7.26. The third kappa shape index (κ3) is 4.39. The Morgan fingerprint density at radius 2 is 1.82 bits per heavy atom. The van der Waals surface area contributed by atoms with Crippen molar-refractivity contribution in [3.05, 3.63) is 53.2 Å². The first kappa shape index (κ1) is 22.0. The lowest BCUT2D eigenvalue weighted by molar-refractivity contribution is -0.178. The summed E-state index contributed by atoms with van der Waals surface area (Å²) in [5, 5.41) is 12.5. The van der Waals surface area contributed by atoms with Crippen LogP contribution in [0.15, 0.2) is 36.4 Å². The Hall–Kier alpha value is -2.77. The topological polar surface area (TPSA) is 93.5 Å². The van der Waals surface area contributed by atoms with Gasteiger partial charge in [-0.15, -0.1) is 0 Å². The van der Waals surface area contributed by atoms with Gasteiger partial charge >= 0.3 is 5.97 Å². The van der Waals surface area contributed by atoms with E-state index in [9.17, 15) is 4.79 Å². The van der Waals surface area contributed by atoms with Crippen LogP contribution < -0.4 is 5.32 Å². The number of hydrogen-bond acceptors (Lipinski definition) is 7. The molecule has 0 bridgehead atoms. The van der Waals surface area contributed by atoms with Crippen molar-refractivity contribution in [2.45, 2.75) is 56.7 Å². The summed E-state index contributed by atoms with van der Waals surface area (Å²) in [6, 6.07) is 11.6. The first-order valence-corrected chi connectivity index (χ1v) is 11.9. The predicted molar refractivity (Wildman–Crippen MR) is 125 cm³/mol. The SMILES string of the molecule is COC(=O)c1cc(C2CCC3(CC2)OCCO3)c(C(=N)C2CCC2)c(Nc2ccccc2)n1. The zero-order chi connectivity index (χ0) is 22.8. The smallest absolute Gasteiger partial charge is 0.356 e. The highest BCUT2D eigenvalue weighted by molar-refractivity contribution is 6.07. The fraction of sp³-hybridized carbons (Fsp3) is 0.500. The Morgan fingerprint density at radius 3 is 2.42 bits per heavy atom. The molecule has 1 aromatic carbocycles. The molecule has 7 heteroatoms. The van der Waals surface area contributed by atoms with E-state index in [0.29, 0.717) is 24.7 Å². The van der Waals surface area contributed by atoms with E-state index in [2.05, 4.69) is 10.3 Å². The van der Waals surface area contributed by atoms with Crippen LogP contribution in [0.4, 0.5) is 11.5 Å². The fourth-order valence-corrected chi connectivity index (χ4v) is 5.18. The molecular weight excluding hydrogens is 418 g/mol. The third-order valence-corrected chi connectivity index (χ3v) is 7.26. The molecular formula is C26H31N3O4. The van der Waals surface area contributed by atoms with Crippen molar-refractivity contribution in [1.29, 1.82) is 5.41 Å². The number of nitrogens with one attached hydrogen (secondary N) is 2. The first-order valence-electron chi connectivity index (χ1n) is 11.9. The average Bonchev–Trinajstić information content (AvgIpc) is 3.26. The molecule has 1 aromatic heterocycles. The van der Waals surface area contributed by atoms with Crippen molar-refractivity contribution >= 4 is 23.2 Å². The second-order valence-corrected chi connectivity index (χ2v) is 9.23. The summed E-state index contributed by atoms with van der Waals surface area (Å²) in [5.41, 5.74) is 3.60. The molecule has 2 heterocycles. The van der Waals surface area contributed by atoms with Crippen LogP contribution in [0, 0.1) is 11.3 Å². The second kappa shape index (κ2) is 9.23. The number of carbonyl (C=O) groups excluding carboxylic acids is 1. The summed E-state index contributed by atoms with van der Waals surface area (Å²) in [5.74, 6) is 0.0684. The number of pyridine rings is 1. The largest absolute Gasteiger partial charge is 0.464 e. The standard InChI is InChI=1S/C26H31N3O4/c1-31-25(30)21-16-20(17-10-12-26(13-11-17)32-14-15-33-26)22(23(27)18-6-5-7-18)24(29-21)28-19-8-3-2-4-9-19/h2-4,8-9,16-18,27H,5-7,10-15H2,1H3,(H,28,29). The van der Waals surface area contributed by atoms with Crippen LogP contribution in [0.2, 0.25) is 0 Å². The average molecular weight is 450 g/mol. The number of esters is 1. The van der Waals surface area contributed by atoms with Gasteiger partial charge in [0.1, 0.15) is 5.82 Å². The van der Waals surface area contributed by atoms with Gasteiger partial charge in [0.2, 0.25) is 0 Å². The summed E-state index contributed by atoms with van der Waals surface area (Å²) >= 11 is 0. The van der Waals surface area contributed by atoms with Crippen LogP contribution >= 0.6 is 0 Å². The molecule has 2 aliphatic carbocycles. The Balaban J connectivity index is 1.56. The van der Waals surface area contributed by atoms with Crippen molar-refractivity contribution in [3.63, 3.8) is 0 Å². The molecule has 0 radical (unpaired) electrons. The highest BCUT2D eigenvalue weighted by Gasteiger charge is 2.42. The van der Waals surface area contributed by atoms with Crippen LogP contribution in [0.1, 0.15) is 72.5 Å². The molecule has 3 fully saturated rings. The maximum absolute atomic E-state index is 12.5. The number of ether oxygens (including phenoxy) is 3. The van der Waals surface area contributed by atoms with Gasteiger partial charge in [0, 0.05) is 35.7 Å². The lowest BCUT2D eigenvalue weighted by Crippen LogP contribution is -2.35. The van der Waals surface area contributed by atoms with E-state index in [1.807, 2.05) is 36.4 Å². The lowest BCUT2D eigenvalue weighted by Gasteiger charge is -2.37. The molecule has 33 heavy (non-hydrogen) atoms. The van der Waals surface area contributed by atoms with E-state index in [0.717, 1.165) is 61.8 Å². The predicted octanol–water partition coefficient (Wildman–Crippen LogP) is 5.18. The lowest BCUT2D eigenvalue weighted by atomic mass is 9.74. The molecule has 2 aromatic rings. The van der Waals surface area contributed by atoms with Crippen molar-refractivity contribution < 1.29 is 19.0 Å². The first-order chi connectivity index (χ1) is 16.1. The molecule has 1 aliphatic heterocycles. The molecule has 0 atom stereocenters. The molecule has 2 saturated carbocycles. The quantitative estimate of drug-likeness (QED) is 0.466. The van der Waals surface area contributed by atoms with E-state index in [1.165, 1.54) is 7.11 Å². The van der Waals surface area contributed by atoms with Crippen molar-refractivity contribution in [2.24, 2.45) is 5.92 Å². The number of hydrogen-bond donors (Lipinski definition) is 2. The zero-order valence-corrected chi connectivity index (χ0v) is 19.1. The van der Waals surface area contributed by atoms with Gasteiger partial charge in [0.15, 0.2) is 11.5 Å². The van der Waals surface area contributed by atoms with Crippen molar-refractivity contribution in [1.82, 2.24) is 4.98 Å². The van der Waals surface area contributed by atoms with Crippen LogP contribution in [0.5, 0.6) is 0 Å². The number of aromatic nitrogens is 1. The molecule has 7 nitrogen and oxygen atoms in total. The number of anilines is 2. The van der Waals surface area contributed by atoms with E-state index in [-0.39, 0.29) is 17.5 Å². The van der Waals surface area contributed by atoms with Crippen molar-refractivity contribution in [3.8, 4) is 0 Å². The number of nitrogens with zero attached hydrogens (tertiary/aromatic N) is 1. The van der Waals surface area contributed by atoms with Gasteiger partial charge in [-0.25, -0.2) is 9.78 Å². The highest BCUT2D eigenvalue weighted by Crippen LogP contribution is 2.45. The minimum atomic E-state index is -0.469. The fourth-order valence-electron chi connectivity index (χ4n) is 5.18. The van der Waals surface area contributed by atoms with Crippen LogP contribution in [0.3, 0.4) is 0 Å². The summed E-state index contributed by atoms with van der Waals surface area (Å²) in [6.45, 7) is 1.30. The Morgan fingerprint density at radius 1 is 1.12 bits per heavy atom. The molecule has 1 spiro atoms. The van der Waals surface area contributed by atoms with Gasteiger partial charge in [0.05, 0.1) is 20.3 Å². The van der Waals surface area contributed by atoms with Gasteiger partial charge in [-0.05, 0) is 55.4 Å². The van der Waals surface area contributed by atoms with Gasteiger partial charge in [-0.2, -0.15) is 0 Å². The van der Waals surface area contributed by atoms with Crippen LogP contribution in [-0.4, -0.2) is 42.8 Å². The molecule has 0 amide bonds. The second-order valence-electron chi connectivity index (χ2n) is 9.23. The molecule has 3 aliphatic rings. The minimum absolute atomic E-state index is 0.196. The number of benzene rings is 1. The molecule has 174 valence electrons. The van der Waals surface area contributed by atoms with Gasteiger partial charge in [-0.3, -0.25) is 0 Å². The highest BCUT2D eigenvalue weighted by atomic mass is 16.7. The maximum Gasteiger partial charge on any atom is 0.356 e. The normalized spacial score (nSPS) is 20.4. The summed E-state index contributed by atoms with van der Waals surface area (Å²) in [7, 11) is 1.37. The van der Waals surface area contributed by atoms with E-state index < -0.39 is 11.8 Å². The number of para-hydroxylation sites is 1. The molecule has 2 N–H and O–H groups in total. The minimum Gasteiger partial charge on any atom is -0.464 e. The summed E-state index contributed by atoms with van der Waals surface area (Å²) in [4.78, 5) is 17.2. The zero-order valence-electron chi connectivity index (χ0n) is 19.1. The Labute approximate surface area is 194 Å². The number of rotatable bonds is 6. The van der Waals surface area contributed by atoms with Gasteiger partial charge < -0.3 is 24.9 Å². The molecule has 1 saturated heterocycles. The number of carbonyl (C=O) groups is 1. The van der Waals surface area contributed by atoms with Crippen LogP contribution in [-0.2, 0) is 14.2 Å². The van der Waals surface area contributed by atoms with E-state index in [1.54, 1.807) is 0 Å². The maximum atomic E-state index is 12.5. The Kier molecular flexibility index (Phi) is 6.17. The van der Waals surface area contributed by atoms with Crippen LogP contribution in [0.25, 0.3) is 0 Å². The van der Waals surface area contributed by atoms with Gasteiger partial charge in [-0.1, -0.05) is 24.6 Å². The Bertz CT molecular complexity index is 1020. The van der Waals surface area contributed by atoms with E-state index in [4.69, 9.17) is 19.6 Å². The summed E-state index contributed by atoms with van der Waals surface area (Å²) < 4.78 is 16.9. The molecule has 5 rings (SSSR count). The number of methoxy groups -OCH3 is 1. The van der Waals surface area contributed by atoms with Gasteiger partial charge in [0.25, 0.3) is 0 Å². The van der Waals surface area contributed by atoms with E-state index >= 15 is 0 Å².